The lowest BCUT2D eigenvalue weighted by Gasteiger charge is -2.49. The summed E-state index contributed by atoms with van der Waals surface area (Å²) >= 11 is 0. The summed E-state index contributed by atoms with van der Waals surface area (Å²) in [5.41, 5.74) is -3.26. The number of hydrogen-bond acceptors (Lipinski definition) is 5. The number of ether oxygens (including phenoxy) is 1. The number of hydrogen-bond donors (Lipinski definition) is 0. The first-order valence-corrected chi connectivity index (χ1v) is 9.27. The highest BCUT2D eigenvalue weighted by Gasteiger charge is 2.74. The molecule has 0 spiro atoms. The molecule has 0 amide bonds. The molecule has 1 fully saturated rings. The molecular weight excluding hydrogens is 360 g/mol. The Morgan fingerprint density at radius 3 is 1.93 bits per heavy atom. The molecule has 5 nitrogen and oxygen atoms in total. The molecule has 5 rings (SSSR count). The van der Waals surface area contributed by atoms with Crippen LogP contribution in [0.5, 0.6) is 0 Å². The smallest absolute Gasteiger partial charge is 0.212 e. The highest BCUT2D eigenvalue weighted by Crippen LogP contribution is 2.65. The monoisotopic (exact) mass is 376 g/mol. The molecule has 1 saturated heterocycles. The van der Waals surface area contributed by atoms with Crippen LogP contribution < -0.4 is 0 Å². The molecular formula is C24H16N4O. The highest BCUT2D eigenvalue weighted by atomic mass is 16.5. The molecule has 2 aromatic rings. The van der Waals surface area contributed by atoms with Gasteiger partial charge in [-0.3, -0.25) is 0 Å². The minimum atomic E-state index is -2.02. The van der Waals surface area contributed by atoms with E-state index in [0.717, 1.165) is 11.1 Å². The Bertz CT molecular complexity index is 1110. The second-order valence-electron chi connectivity index (χ2n) is 7.26. The summed E-state index contributed by atoms with van der Waals surface area (Å²) in [6.45, 7) is 0.225. The van der Waals surface area contributed by atoms with Crippen molar-refractivity contribution < 1.29 is 4.74 Å². The summed E-state index contributed by atoms with van der Waals surface area (Å²) in [5.74, 6) is -0.626. The molecule has 3 aliphatic rings. The number of benzene rings is 2. The second kappa shape index (κ2) is 6.61. The summed E-state index contributed by atoms with van der Waals surface area (Å²) in [7, 11) is 0. The van der Waals surface area contributed by atoms with Crippen molar-refractivity contribution >= 4 is 5.57 Å². The van der Waals surface area contributed by atoms with Gasteiger partial charge in [0, 0.05) is 12.5 Å². The summed E-state index contributed by atoms with van der Waals surface area (Å²) in [5, 5.41) is 41.1. The Kier molecular flexibility index (Phi) is 4.21. The first-order chi connectivity index (χ1) is 14.1. The maximum absolute atomic E-state index is 10.3. The predicted octanol–water partition coefficient (Wildman–Crippen LogP) is 4.08. The number of allylic oxidation sites excluding steroid dienone is 1. The molecule has 2 aromatic carbocycles. The Balaban J connectivity index is 2.18. The Morgan fingerprint density at radius 1 is 0.793 bits per heavy atom. The predicted molar refractivity (Wildman–Crippen MR) is 104 cm³/mol. The van der Waals surface area contributed by atoms with Gasteiger partial charge in [-0.05, 0) is 29.2 Å². The van der Waals surface area contributed by atoms with Gasteiger partial charge in [0.1, 0.15) is 5.60 Å². The molecule has 138 valence electrons. The van der Waals surface area contributed by atoms with Gasteiger partial charge in [0.25, 0.3) is 0 Å². The molecule has 0 aromatic heterocycles. The van der Waals surface area contributed by atoms with E-state index in [1.54, 1.807) is 30.3 Å². The first kappa shape index (κ1) is 18.5. The van der Waals surface area contributed by atoms with Crippen LogP contribution in [0.3, 0.4) is 0 Å². The molecule has 2 aliphatic heterocycles. The number of nitrogens with zero attached hydrogens (tertiary/aromatic N) is 4. The average Bonchev–Trinajstić information content (AvgIpc) is 3.07. The number of rotatable bonds is 2. The van der Waals surface area contributed by atoms with Crippen LogP contribution in [-0.2, 0) is 10.3 Å². The zero-order valence-electron chi connectivity index (χ0n) is 15.5. The van der Waals surface area contributed by atoms with E-state index >= 15 is 0 Å². The molecule has 29 heavy (non-hydrogen) atoms. The Labute approximate surface area is 169 Å². The molecule has 0 unspecified atom stereocenters. The van der Waals surface area contributed by atoms with Crippen molar-refractivity contribution in [2.45, 2.75) is 12.0 Å². The normalized spacial score (nSPS) is 25.9. The van der Waals surface area contributed by atoms with Gasteiger partial charge in [0.15, 0.2) is 5.41 Å². The van der Waals surface area contributed by atoms with Crippen LogP contribution >= 0.6 is 0 Å². The van der Waals surface area contributed by atoms with Gasteiger partial charge in [0.05, 0.1) is 24.3 Å². The maximum atomic E-state index is 10.3. The summed E-state index contributed by atoms with van der Waals surface area (Å²) in [4.78, 5) is 0. The SMILES string of the molecule is N#CC1(C#N)[C@@H]2CCO[C@@](c3ccccc3)(C=C2c2ccccc2)C1(C#N)C#N. The molecule has 1 aliphatic carbocycles. The third kappa shape index (κ3) is 2.14. The molecule has 0 N–H and O–H groups in total. The van der Waals surface area contributed by atoms with Crippen LogP contribution in [-0.4, -0.2) is 6.61 Å². The van der Waals surface area contributed by atoms with Crippen LogP contribution in [0.1, 0.15) is 17.5 Å². The summed E-state index contributed by atoms with van der Waals surface area (Å²) < 4.78 is 6.25. The van der Waals surface area contributed by atoms with E-state index in [1.165, 1.54) is 0 Å². The lowest BCUT2D eigenvalue weighted by atomic mass is 9.47. The Morgan fingerprint density at radius 2 is 1.38 bits per heavy atom. The van der Waals surface area contributed by atoms with Crippen molar-refractivity contribution in [3.05, 3.63) is 77.9 Å². The van der Waals surface area contributed by atoms with Crippen LogP contribution in [0.2, 0.25) is 0 Å². The number of nitriles is 4. The largest absolute Gasteiger partial charge is 0.363 e. The highest BCUT2D eigenvalue weighted by molar-refractivity contribution is 5.75. The van der Waals surface area contributed by atoms with Crippen LogP contribution in [0.15, 0.2) is 66.7 Å². The van der Waals surface area contributed by atoms with E-state index in [4.69, 9.17) is 4.74 Å². The zero-order chi connectivity index (χ0) is 20.5. The molecule has 2 heterocycles. The number of fused-ring (bicyclic) bond motifs is 3. The van der Waals surface area contributed by atoms with Crippen LogP contribution in [0.4, 0.5) is 0 Å². The second-order valence-corrected chi connectivity index (χ2v) is 7.26. The summed E-state index contributed by atoms with van der Waals surface area (Å²) in [6, 6.07) is 26.8. The molecule has 0 saturated carbocycles. The quantitative estimate of drug-likeness (QED) is 0.785. The Hall–Kier alpha value is -3.90. The van der Waals surface area contributed by atoms with Crippen molar-refractivity contribution in [2.75, 3.05) is 6.61 Å². The van der Waals surface area contributed by atoms with Crippen LogP contribution in [0.25, 0.3) is 5.57 Å². The lowest BCUT2D eigenvalue weighted by Crippen LogP contribution is -2.58. The minimum absolute atomic E-state index is 0.225. The van der Waals surface area contributed by atoms with E-state index < -0.39 is 22.3 Å². The van der Waals surface area contributed by atoms with Crippen molar-refractivity contribution in [1.29, 1.82) is 21.0 Å². The first-order valence-electron chi connectivity index (χ1n) is 9.27. The molecule has 0 radical (unpaired) electrons. The van der Waals surface area contributed by atoms with Crippen molar-refractivity contribution in [2.24, 2.45) is 16.7 Å². The van der Waals surface area contributed by atoms with Gasteiger partial charge in [-0.25, -0.2) is 0 Å². The van der Waals surface area contributed by atoms with E-state index in [0.29, 0.717) is 12.0 Å². The van der Waals surface area contributed by atoms with E-state index in [-0.39, 0.29) is 6.61 Å². The van der Waals surface area contributed by atoms with Gasteiger partial charge >= 0.3 is 0 Å². The molecule has 5 heteroatoms. The van der Waals surface area contributed by atoms with Gasteiger partial charge in [-0.15, -0.1) is 0 Å². The fourth-order valence-corrected chi connectivity index (χ4v) is 4.78. The van der Waals surface area contributed by atoms with Gasteiger partial charge in [0.2, 0.25) is 5.41 Å². The standard InChI is InChI=1S/C24H16N4O/c25-14-22(15-26)21-11-12-29-24(23(22,16-27)17-28,19-9-5-2-6-10-19)13-20(21)18-7-3-1-4-8-18/h1-10,13,21H,11-12H2/t21-,24-/m1/s1. The molecule has 2 atom stereocenters. The third-order valence-electron chi connectivity index (χ3n) is 6.14. The van der Waals surface area contributed by atoms with Crippen molar-refractivity contribution in [1.82, 2.24) is 0 Å². The fraction of sp³-hybridized carbons (Fsp3) is 0.250. The maximum Gasteiger partial charge on any atom is 0.212 e. The van der Waals surface area contributed by atoms with Gasteiger partial charge < -0.3 is 4.74 Å². The average molecular weight is 376 g/mol. The summed E-state index contributed by atoms with van der Waals surface area (Å²) in [6.07, 6.45) is 2.16. The fourth-order valence-electron chi connectivity index (χ4n) is 4.78. The van der Waals surface area contributed by atoms with E-state index in [9.17, 15) is 21.0 Å². The zero-order valence-corrected chi connectivity index (χ0v) is 15.5. The van der Waals surface area contributed by atoms with Crippen molar-refractivity contribution in [3.8, 4) is 24.3 Å². The molecule has 2 bridgehead atoms. The topological polar surface area (TPSA) is 104 Å². The van der Waals surface area contributed by atoms with E-state index in [2.05, 4.69) is 24.3 Å². The minimum Gasteiger partial charge on any atom is -0.363 e. The van der Waals surface area contributed by atoms with Crippen molar-refractivity contribution in [3.63, 3.8) is 0 Å². The lowest BCUT2D eigenvalue weighted by molar-refractivity contribution is -0.0726. The van der Waals surface area contributed by atoms with E-state index in [1.807, 2.05) is 36.4 Å². The van der Waals surface area contributed by atoms with Crippen LogP contribution in [0, 0.1) is 62.1 Å². The van der Waals surface area contributed by atoms with Gasteiger partial charge in [-0.1, -0.05) is 60.7 Å². The third-order valence-corrected chi connectivity index (χ3v) is 6.14. The van der Waals surface area contributed by atoms with Gasteiger partial charge in [-0.2, -0.15) is 21.0 Å².